The zero-order valence-corrected chi connectivity index (χ0v) is 15.0. The van der Waals surface area contributed by atoms with Gasteiger partial charge in [0.2, 0.25) is 0 Å². The molecule has 0 aromatic heterocycles. The van der Waals surface area contributed by atoms with Crippen LogP contribution in [-0.4, -0.2) is 24.0 Å². The van der Waals surface area contributed by atoms with Crippen molar-refractivity contribution in [1.82, 2.24) is 0 Å². The Labute approximate surface area is 157 Å². The first-order chi connectivity index (χ1) is 12.6. The highest BCUT2D eigenvalue weighted by molar-refractivity contribution is 6.22. The summed E-state index contributed by atoms with van der Waals surface area (Å²) in [7, 11) is 0. The maximum atomic E-state index is 14.3. The Kier molecular flexibility index (Phi) is 6.41. The van der Waals surface area contributed by atoms with E-state index in [4.69, 9.17) is 21.1 Å². The van der Waals surface area contributed by atoms with Crippen LogP contribution in [0.25, 0.3) is 0 Å². The third-order valence-corrected chi connectivity index (χ3v) is 4.81. The first-order valence-corrected chi connectivity index (χ1v) is 8.98. The van der Waals surface area contributed by atoms with Crippen molar-refractivity contribution in [2.45, 2.75) is 30.6 Å². The fourth-order valence-electron chi connectivity index (χ4n) is 3.02. The zero-order chi connectivity index (χ0) is 18.4. The van der Waals surface area contributed by atoms with E-state index in [2.05, 4.69) is 0 Å². The van der Waals surface area contributed by atoms with Gasteiger partial charge in [0.15, 0.2) is 0 Å². The molecule has 0 heterocycles. The third kappa shape index (κ3) is 4.91. The second-order valence-corrected chi connectivity index (χ2v) is 6.84. The lowest BCUT2D eigenvalue weighted by Gasteiger charge is -2.30. The largest absolute Gasteiger partial charge is 0.374 e. The van der Waals surface area contributed by atoms with E-state index >= 15 is 0 Å². The van der Waals surface area contributed by atoms with E-state index in [0.717, 1.165) is 17.2 Å². The minimum Gasteiger partial charge on any atom is -0.374 e. The van der Waals surface area contributed by atoms with E-state index in [9.17, 15) is 8.78 Å². The summed E-state index contributed by atoms with van der Waals surface area (Å²) in [5.41, 5.74) is 1.90. The monoisotopic (exact) mass is 378 g/mol. The normalized spacial score (nSPS) is 22.4. The summed E-state index contributed by atoms with van der Waals surface area (Å²) in [5.74, 6) is -4.16. The SMILES string of the molecule is FC1(F)C=C[C@@H](Cl)[C@@H]1[C@@H](COCc1ccccc1)OCc1ccccc1. The smallest absolute Gasteiger partial charge is 0.273 e. The van der Waals surface area contributed by atoms with Crippen LogP contribution in [0.5, 0.6) is 0 Å². The summed E-state index contributed by atoms with van der Waals surface area (Å²) in [6.07, 6.45) is 1.39. The number of hydrogen-bond donors (Lipinski definition) is 0. The van der Waals surface area contributed by atoms with Crippen LogP contribution in [0.4, 0.5) is 8.78 Å². The van der Waals surface area contributed by atoms with E-state index < -0.39 is 23.3 Å². The standard InChI is InChI=1S/C21H21ClF2O2/c22-18-11-12-21(23,24)20(18)19(26-14-17-9-5-2-6-10-17)15-25-13-16-7-3-1-4-8-16/h1-12,18-20H,13-15H2/t18-,19-,20-/m1/s1. The van der Waals surface area contributed by atoms with Crippen molar-refractivity contribution in [2.24, 2.45) is 5.92 Å². The van der Waals surface area contributed by atoms with Gasteiger partial charge in [0.1, 0.15) is 0 Å². The van der Waals surface area contributed by atoms with E-state index in [-0.39, 0.29) is 13.2 Å². The number of ether oxygens (including phenoxy) is 2. The molecule has 0 saturated carbocycles. The Morgan fingerprint density at radius 1 is 0.923 bits per heavy atom. The van der Waals surface area contributed by atoms with E-state index in [1.807, 2.05) is 60.7 Å². The molecular formula is C21H21ClF2O2. The van der Waals surface area contributed by atoms with Crippen LogP contribution >= 0.6 is 11.6 Å². The lowest BCUT2D eigenvalue weighted by atomic mass is 9.96. The maximum Gasteiger partial charge on any atom is 0.273 e. The van der Waals surface area contributed by atoms with Crippen LogP contribution < -0.4 is 0 Å². The zero-order valence-electron chi connectivity index (χ0n) is 14.2. The quantitative estimate of drug-likeness (QED) is 0.463. The molecule has 3 rings (SSSR count). The van der Waals surface area contributed by atoms with Crippen molar-refractivity contribution < 1.29 is 18.3 Å². The second-order valence-electron chi connectivity index (χ2n) is 6.34. The van der Waals surface area contributed by atoms with Crippen molar-refractivity contribution >= 4 is 11.6 Å². The molecule has 5 heteroatoms. The second kappa shape index (κ2) is 8.76. The molecule has 0 radical (unpaired) electrons. The van der Waals surface area contributed by atoms with Crippen molar-refractivity contribution in [3.8, 4) is 0 Å². The Balaban J connectivity index is 1.64. The van der Waals surface area contributed by atoms with Gasteiger partial charge >= 0.3 is 0 Å². The molecule has 0 fully saturated rings. The number of halogens is 3. The van der Waals surface area contributed by atoms with Crippen LogP contribution in [-0.2, 0) is 22.7 Å². The highest BCUT2D eigenvalue weighted by atomic mass is 35.5. The first kappa shape index (κ1) is 19.0. The van der Waals surface area contributed by atoms with Crippen molar-refractivity contribution in [3.63, 3.8) is 0 Å². The molecule has 2 aromatic rings. The van der Waals surface area contributed by atoms with Gasteiger partial charge in [0.25, 0.3) is 5.92 Å². The van der Waals surface area contributed by atoms with Gasteiger partial charge in [-0.05, 0) is 17.2 Å². The Hall–Kier alpha value is -1.75. The number of alkyl halides is 3. The molecule has 1 aliphatic carbocycles. The fourth-order valence-corrected chi connectivity index (χ4v) is 3.42. The lowest BCUT2D eigenvalue weighted by molar-refractivity contribution is -0.116. The van der Waals surface area contributed by atoms with Gasteiger partial charge in [-0.25, -0.2) is 8.78 Å². The molecule has 0 aliphatic heterocycles. The van der Waals surface area contributed by atoms with Gasteiger partial charge in [-0.15, -0.1) is 11.6 Å². The summed E-state index contributed by atoms with van der Waals surface area (Å²) in [5, 5.41) is -0.786. The molecule has 0 bridgehead atoms. The summed E-state index contributed by atoms with van der Waals surface area (Å²) >= 11 is 6.13. The molecule has 1 aliphatic rings. The van der Waals surface area contributed by atoms with Gasteiger partial charge in [0.05, 0.1) is 37.2 Å². The Bertz CT molecular complexity index is 706. The topological polar surface area (TPSA) is 18.5 Å². The number of allylic oxidation sites excluding steroid dienone is 2. The van der Waals surface area contributed by atoms with E-state index in [1.165, 1.54) is 6.08 Å². The lowest BCUT2D eigenvalue weighted by Crippen LogP contribution is -2.41. The van der Waals surface area contributed by atoms with Crippen LogP contribution in [0.2, 0.25) is 0 Å². The minimum absolute atomic E-state index is 0.0485. The highest BCUT2D eigenvalue weighted by Crippen LogP contribution is 2.41. The minimum atomic E-state index is -3.01. The molecule has 2 nitrogen and oxygen atoms in total. The van der Waals surface area contributed by atoms with Gasteiger partial charge in [-0.1, -0.05) is 66.7 Å². The predicted octanol–water partition coefficient (Wildman–Crippen LogP) is 5.22. The summed E-state index contributed by atoms with van der Waals surface area (Å²) in [6, 6.07) is 19.0. The van der Waals surface area contributed by atoms with Crippen molar-refractivity contribution in [3.05, 3.63) is 83.9 Å². The summed E-state index contributed by atoms with van der Waals surface area (Å²) < 4.78 is 40.1. The number of benzene rings is 2. The molecule has 0 unspecified atom stereocenters. The van der Waals surface area contributed by atoms with E-state index in [1.54, 1.807) is 0 Å². The van der Waals surface area contributed by atoms with Crippen LogP contribution in [0.1, 0.15) is 11.1 Å². The van der Waals surface area contributed by atoms with Gasteiger partial charge in [-0.2, -0.15) is 0 Å². The van der Waals surface area contributed by atoms with Gasteiger partial charge < -0.3 is 9.47 Å². The van der Waals surface area contributed by atoms with Crippen LogP contribution in [0, 0.1) is 5.92 Å². The molecule has 138 valence electrons. The van der Waals surface area contributed by atoms with Gasteiger partial charge in [-0.3, -0.25) is 0 Å². The van der Waals surface area contributed by atoms with E-state index in [0.29, 0.717) is 6.61 Å². The van der Waals surface area contributed by atoms with Crippen molar-refractivity contribution in [2.75, 3.05) is 6.61 Å². The molecule has 0 saturated heterocycles. The molecule has 0 amide bonds. The Morgan fingerprint density at radius 3 is 2.04 bits per heavy atom. The summed E-state index contributed by atoms with van der Waals surface area (Å²) in [6.45, 7) is 0.619. The number of hydrogen-bond acceptors (Lipinski definition) is 2. The summed E-state index contributed by atoms with van der Waals surface area (Å²) in [4.78, 5) is 0. The Morgan fingerprint density at radius 2 is 1.50 bits per heavy atom. The molecular weight excluding hydrogens is 358 g/mol. The molecule has 2 aromatic carbocycles. The first-order valence-electron chi connectivity index (χ1n) is 8.55. The highest BCUT2D eigenvalue weighted by Gasteiger charge is 2.50. The molecule has 3 atom stereocenters. The van der Waals surface area contributed by atoms with Gasteiger partial charge in [0, 0.05) is 0 Å². The average molecular weight is 379 g/mol. The molecule has 26 heavy (non-hydrogen) atoms. The fraction of sp³-hybridized carbons (Fsp3) is 0.333. The van der Waals surface area contributed by atoms with Crippen molar-refractivity contribution in [1.29, 1.82) is 0 Å². The van der Waals surface area contributed by atoms with Crippen LogP contribution in [0.15, 0.2) is 72.8 Å². The average Bonchev–Trinajstić information content (AvgIpc) is 2.93. The molecule has 0 N–H and O–H groups in total. The number of rotatable bonds is 8. The maximum absolute atomic E-state index is 14.3. The van der Waals surface area contributed by atoms with Crippen LogP contribution in [0.3, 0.4) is 0 Å². The predicted molar refractivity (Wildman–Crippen MR) is 98.3 cm³/mol. The molecule has 0 spiro atoms. The third-order valence-electron chi connectivity index (χ3n) is 4.39.